The van der Waals surface area contributed by atoms with Crippen LogP contribution in [0.2, 0.25) is 0 Å². The number of unbranched alkanes of at least 4 members (excludes halogenated alkanes) is 6. The van der Waals surface area contributed by atoms with Gasteiger partial charge >= 0.3 is 0 Å². The highest BCUT2D eigenvalue weighted by Gasteiger charge is 2.13. The molecule has 0 unspecified atom stereocenters. The van der Waals surface area contributed by atoms with Gasteiger partial charge in [0.25, 0.3) is 0 Å². The van der Waals surface area contributed by atoms with Gasteiger partial charge in [-0.2, -0.15) is 0 Å². The number of amides is 4. The van der Waals surface area contributed by atoms with Crippen LogP contribution in [-0.4, -0.2) is 41.6 Å². The van der Waals surface area contributed by atoms with Crippen molar-refractivity contribution >= 4 is 23.6 Å². The van der Waals surface area contributed by atoms with E-state index in [1.54, 1.807) is 0 Å². The Bertz CT molecular complexity index is 541. The first kappa shape index (κ1) is 31.9. The van der Waals surface area contributed by atoms with Crippen LogP contribution in [0.5, 0.6) is 0 Å². The summed E-state index contributed by atoms with van der Waals surface area (Å²) in [6.07, 6.45) is 19.9. The Morgan fingerprint density at radius 1 is 0.441 bits per heavy atom. The Balaban J connectivity index is 0.000000916. The lowest BCUT2D eigenvalue weighted by Crippen LogP contribution is -2.32. The van der Waals surface area contributed by atoms with Crippen molar-refractivity contribution in [2.75, 3.05) is 13.1 Å². The Hall–Kier alpha value is -2.12. The van der Waals surface area contributed by atoms with Crippen molar-refractivity contribution in [3.8, 4) is 0 Å². The summed E-state index contributed by atoms with van der Waals surface area (Å²) >= 11 is 0. The highest BCUT2D eigenvalue weighted by molar-refractivity contribution is 5.76. The van der Waals surface area contributed by atoms with E-state index < -0.39 is 0 Å². The maximum Gasteiger partial charge on any atom is 0.222 e. The molecule has 1 saturated heterocycles. The fourth-order valence-corrected chi connectivity index (χ4v) is 4.07. The van der Waals surface area contributed by atoms with Crippen LogP contribution in [0, 0.1) is 0 Å². The summed E-state index contributed by atoms with van der Waals surface area (Å²) in [7, 11) is 0. The number of hydrogen-bond acceptors (Lipinski definition) is 4. The van der Waals surface area contributed by atoms with Crippen molar-refractivity contribution in [2.24, 2.45) is 17.2 Å². The summed E-state index contributed by atoms with van der Waals surface area (Å²) < 4.78 is 0. The zero-order valence-electron chi connectivity index (χ0n) is 21.4. The van der Waals surface area contributed by atoms with Gasteiger partial charge in [-0.15, -0.1) is 0 Å². The van der Waals surface area contributed by atoms with Crippen LogP contribution in [0.1, 0.15) is 128 Å². The zero-order chi connectivity index (χ0) is 25.4. The third-order valence-corrected chi connectivity index (χ3v) is 6.12. The molecule has 0 bridgehead atoms. The number of primary amides is 3. The van der Waals surface area contributed by atoms with E-state index in [1.165, 1.54) is 51.4 Å². The van der Waals surface area contributed by atoms with E-state index >= 15 is 0 Å². The quantitative estimate of drug-likeness (QED) is 0.320. The molecule has 6 N–H and O–H groups in total. The molecule has 34 heavy (non-hydrogen) atoms. The van der Waals surface area contributed by atoms with Crippen molar-refractivity contribution in [1.29, 1.82) is 0 Å². The van der Waals surface area contributed by atoms with Gasteiger partial charge in [0.05, 0.1) is 0 Å². The van der Waals surface area contributed by atoms with E-state index in [9.17, 15) is 19.2 Å². The first-order valence-electron chi connectivity index (χ1n) is 13.5. The average molecular weight is 483 g/mol. The third kappa shape index (κ3) is 23.1. The Morgan fingerprint density at radius 3 is 1.12 bits per heavy atom. The summed E-state index contributed by atoms with van der Waals surface area (Å²) in [5.74, 6) is -0.493. The maximum atomic E-state index is 12.4. The van der Waals surface area contributed by atoms with Crippen LogP contribution in [-0.2, 0) is 19.2 Å². The molecule has 0 atom stereocenters. The highest BCUT2D eigenvalue weighted by Crippen LogP contribution is 2.14. The molecule has 8 heteroatoms. The van der Waals surface area contributed by atoms with E-state index in [-0.39, 0.29) is 17.7 Å². The Labute approximate surface area is 206 Å². The summed E-state index contributed by atoms with van der Waals surface area (Å²) in [5.41, 5.74) is 14.8. The molecule has 198 valence electrons. The molecule has 0 aliphatic carbocycles. The van der Waals surface area contributed by atoms with Crippen molar-refractivity contribution in [3.63, 3.8) is 0 Å². The van der Waals surface area contributed by atoms with Crippen LogP contribution >= 0.6 is 0 Å². The van der Waals surface area contributed by atoms with Crippen molar-refractivity contribution in [2.45, 2.75) is 128 Å². The molecule has 0 aromatic carbocycles. The predicted octanol–water partition coefficient (Wildman–Crippen LogP) is 4.07. The lowest BCUT2D eigenvalue weighted by Gasteiger charge is -2.22. The molecule has 1 aliphatic rings. The summed E-state index contributed by atoms with van der Waals surface area (Å²) in [6, 6.07) is 0. The molecule has 8 nitrogen and oxygen atoms in total. The Kier molecular flexibility index (Phi) is 21.2. The molecule has 0 saturated carbocycles. The SMILES string of the molecule is NC(=O)CCCCC(N)=O.NC(=O)CCCCCCCCC(=O)N1CCCCCCCCCC1. The number of nitrogens with two attached hydrogens (primary N) is 3. The van der Waals surface area contributed by atoms with E-state index in [1.807, 2.05) is 0 Å². The largest absolute Gasteiger partial charge is 0.370 e. The highest BCUT2D eigenvalue weighted by atomic mass is 16.2. The summed E-state index contributed by atoms with van der Waals surface area (Å²) in [4.78, 5) is 45.5. The average Bonchev–Trinajstić information content (AvgIpc) is 2.84. The number of rotatable bonds is 14. The molecule has 0 aromatic heterocycles. The van der Waals surface area contributed by atoms with Crippen molar-refractivity contribution < 1.29 is 19.2 Å². The second-order valence-corrected chi connectivity index (χ2v) is 9.44. The van der Waals surface area contributed by atoms with Crippen LogP contribution in [0.4, 0.5) is 0 Å². The fraction of sp³-hybridized carbons (Fsp3) is 0.846. The van der Waals surface area contributed by atoms with Gasteiger partial charge in [-0.1, -0.05) is 64.2 Å². The van der Waals surface area contributed by atoms with E-state index in [0.29, 0.717) is 44.4 Å². The summed E-state index contributed by atoms with van der Waals surface area (Å²) in [5, 5.41) is 0. The van der Waals surface area contributed by atoms with Gasteiger partial charge in [0, 0.05) is 38.8 Å². The molecule has 1 rings (SSSR count). The molecule has 1 aliphatic heterocycles. The fourth-order valence-electron chi connectivity index (χ4n) is 4.07. The molecular formula is C26H50N4O4. The van der Waals surface area contributed by atoms with Crippen molar-refractivity contribution in [3.05, 3.63) is 0 Å². The van der Waals surface area contributed by atoms with Gasteiger partial charge in [0.2, 0.25) is 23.6 Å². The molecular weight excluding hydrogens is 432 g/mol. The van der Waals surface area contributed by atoms with Gasteiger partial charge in [-0.05, 0) is 38.5 Å². The smallest absolute Gasteiger partial charge is 0.222 e. The number of carbonyl (C=O) groups excluding carboxylic acids is 4. The van der Waals surface area contributed by atoms with Crippen LogP contribution in [0.3, 0.4) is 0 Å². The van der Waals surface area contributed by atoms with Gasteiger partial charge in [0.15, 0.2) is 0 Å². The summed E-state index contributed by atoms with van der Waals surface area (Å²) in [6.45, 7) is 1.93. The van der Waals surface area contributed by atoms with Crippen LogP contribution in [0.15, 0.2) is 0 Å². The molecule has 0 radical (unpaired) electrons. The molecule has 1 fully saturated rings. The third-order valence-electron chi connectivity index (χ3n) is 6.12. The first-order valence-corrected chi connectivity index (χ1v) is 13.5. The topological polar surface area (TPSA) is 150 Å². The van der Waals surface area contributed by atoms with Gasteiger partial charge in [0.1, 0.15) is 0 Å². The molecule has 4 amide bonds. The Morgan fingerprint density at radius 2 is 0.735 bits per heavy atom. The molecule has 1 heterocycles. The van der Waals surface area contributed by atoms with Gasteiger partial charge in [-0.25, -0.2) is 0 Å². The minimum absolute atomic E-state index is 0.198. The standard InChI is InChI=1S/C20H38N2O2.C6H12N2O2/c21-19(23)15-11-7-3-4-8-12-16-20(24)22-17-13-9-5-1-2-6-10-14-18-22;7-5(9)3-1-2-4-6(8)10/h1-18H2,(H2,21,23);1-4H2,(H2,7,9)(H2,8,10). The lowest BCUT2D eigenvalue weighted by molar-refractivity contribution is -0.131. The molecule has 0 spiro atoms. The number of carbonyl (C=O) groups is 4. The molecule has 0 aromatic rings. The monoisotopic (exact) mass is 482 g/mol. The maximum absolute atomic E-state index is 12.4. The van der Waals surface area contributed by atoms with E-state index in [2.05, 4.69) is 4.90 Å². The van der Waals surface area contributed by atoms with Gasteiger partial charge < -0.3 is 22.1 Å². The predicted molar refractivity (Wildman–Crippen MR) is 137 cm³/mol. The normalized spacial score (nSPS) is 14.9. The first-order chi connectivity index (χ1) is 16.3. The lowest BCUT2D eigenvalue weighted by atomic mass is 10.1. The van der Waals surface area contributed by atoms with Crippen LogP contribution < -0.4 is 17.2 Å². The van der Waals surface area contributed by atoms with E-state index in [4.69, 9.17) is 17.2 Å². The number of nitrogens with zero attached hydrogens (tertiary/aromatic N) is 1. The minimum atomic E-state index is -0.329. The second kappa shape index (κ2) is 22.7. The zero-order valence-corrected chi connectivity index (χ0v) is 21.4. The van der Waals surface area contributed by atoms with Gasteiger partial charge in [-0.3, -0.25) is 19.2 Å². The van der Waals surface area contributed by atoms with Crippen molar-refractivity contribution in [1.82, 2.24) is 4.90 Å². The minimum Gasteiger partial charge on any atom is -0.370 e. The van der Waals surface area contributed by atoms with Crippen LogP contribution in [0.25, 0.3) is 0 Å². The second-order valence-electron chi connectivity index (χ2n) is 9.44. The number of hydrogen-bond donors (Lipinski definition) is 3. The van der Waals surface area contributed by atoms with E-state index in [0.717, 1.165) is 51.6 Å².